The molecule has 1 amide bonds. The molecule has 1 aliphatic rings. The summed E-state index contributed by atoms with van der Waals surface area (Å²) in [6.45, 7) is 7.08. The maximum Gasteiger partial charge on any atom is 0.241 e. The van der Waals surface area contributed by atoms with Gasteiger partial charge < -0.3 is 4.90 Å². The number of unbranched alkanes of at least 4 members (excludes halogenated alkanes) is 1. The average Bonchev–Trinajstić information content (AvgIpc) is 2.60. The van der Waals surface area contributed by atoms with Gasteiger partial charge in [-0.2, -0.15) is 0 Å². The van der Waals surface area contributed by atoms with E-state index in [4.69, 9.17) is 0 Å². The van der Waals surface area contributed by atoms with Gasteiger partial charge in [0.1, 0.15) is 0 Å². The topological polar surface area (TPSA) is 49.4 Å². The molecule has 112 valence electrons. The first-order valence-corrected chi connectivity index (χ1v) is 9.05. The summed E-state index contributed by atoms with van der Waals surface area (Å²) in [4.78, 5) is 14.3. The number of nitrogens with one attached hydrogen (secondary N) is 1. The van der Waals surface area contributed by atoms with Gasteiger partial charge in [-0.15, -0.1) is 0 Å². The molecule has 0 radical (unpaired) electrons. The second-order valence-electron chi connectivity index (χ2n) is 5.82. The molecular weight excluding hydrogens is 260 g/mol. The zero-order valence-electron chi connectivity index (χ0n) is 12.6. The molecule has 1 heterocycles. The smallest absolute Gasteiger partial charge is 0.241 e. The first-order chi connectivity index (χ1) is 8.95. The fraction of sp³-hybridized carbons (Fsp3) is 0.929. The predicted molar refractivity (Wildman–Crippen MR) is 80.3 cm³/mol. The van der Waals surface area contributed by atoms with Gasteiger partial charge in [-0.1, -0.05) is 33.6 Å². The summed E-state index contributed by atoms with van der Waals surface area (Å²) in [7, 11) is -0.842. The molecule has 0 aromatic rings. The van der Waals surface area contributed by atoms with Gasteiger partial charge >= 0.3 is 0 Å². The Balaban J connectivity index is 2.64. The molecule has 1 saturated heterocycles. The third-order valence-corrected chi connectivity index (χ3v) is 4.27. The van der Waals surface area contributed by atoms with E-state index in [0.717, 1.165) is 25.7 Å². The minimum Gasteiger partial charge on any atom is -0.325 e. The molecule has 0 aliphatic carbocycles. The summed E-state index contributed by atoms with van der Waals surface area (Å²) in [5.41, 5.74) is 0. The van der Waals surface area contributed by atoms with E-state index in [9.17, 15) is 9.00 Å². The molecular formula is C14H28N2O2S. The van der Waals surface area contributed by atoms with Crippen molar-refractivity contribution in [2.24, 2.45) is 5.92 Å². The lowest BCUT2D eigenvalue weighted by Gasteiger charge is -2.25. The summed E-state index contributed by atoms with van der Waals surface area (Å²) in [5, 5.41) is 3.46. The van der Waals surface area contributed by atoms with Crippen LogP contribution >= 0.6 is 0 Å². The highest BCUT2D eigenvalue weighted by molar-refractivity contribution is 7.84. The minimum absolute atomic E-state index is 0.0333. The van der Waals surface area contributed by atoms with Crippen LogP contribution in [0.25, 0.3) is 0 Å². The lowest BCUT2D eigenvalue weighted by Crippen LogP contribution is -2.40. The van der Waals surface area contributed by atoms with Crippen LogP contribution in [-0.4, -0.2) is 45.8 Å². The van der Waals surface area contributed by atoms with Gasteiger partial charge in [0.25, 0.3) is 0 Å². The van der Waals surface area contributed by atoms with E-state index in [-0.39, 0.29) is 18.1 Å². The highest BCUT2D eigenvalue weighted by atomic mass is 32.2. The number of rotatable bonds is 8. The van der Waals surface area contributed by atoms with Crippen LogP contribution in [0.3, 0.4) is 0 Å². The molecule has 19 heavy (non-hydrogen) atoms. The molecule has 0 saturated carbocycles. The fourth-order valence-electron chi connectivity index (χ4n) is 2.50. The Morgan fingerprint density at radius 3 is 2.63 bits per heavy atom. The predicted octanol–water partition coefficient (Wildman–Crippen LogP) is 1.73. The number of carbonyl (C=O) groups is 1. The molecule has 1 aliphatic heterocycles. The van der Waals surface area contributed by atoms with E-state index in [1.165, 1.54) is 0 Å². The molecule has 0 aromatic heterocycles. The molecule has 0 spiro atoms. The number of nitrogens with zero attached hydrogens (tertiary/aromatic N) is 1. The summed E-state index contributed by atoms with van der Waals surface area (Å²) in [5.74, 6) is 1.32. The number of hydrogen-bond acceptors (Lipinski definition) is 3. The Kier molecular flexibility index (Phi) is 7.00. The fourth-order valence-corrected chi connectivity index (χ4v) is 2.95. The third-order valence-electron chi connectivity index (χ3n) is 3.51. The zero-order chi connectivity index (χ0) is 14.4. The first-order valence-electron chi connectivity index (χ1n) is 7.32. The normalized spacial score (nSPS) is 25.3. The molecule has 0 bridgehead atoms. The largest absolute Gasteiger partial charge is 0.325 e. The van der Waals surface area contributed by atoms with Crippen LogP contribution in [0.2, 0.25) is 0 Å². The first kappa shape index (κ1) is 16.6. The van der Waals surface area contributed by atoms with Gasteiger partial charge in [-0.3, -0.25) is 14.3 Å². The Bertz CT molecular complexity index is 321. The third kappa shape index (κ3) is 5.22. The minimum atomic E-state index is -0.842. The molecule has 5 heteroatoms. The van der Waals surface area contributed by atoms with Crippen molar-refractivity contribution in [3.05, 3.63) is 0 Å². The van der Waals surface area contributed by atoms with Crippen LogP contribution in [0.1, 0.15) is 46.5 Å². The molecule has 0 aromatic carbocycles. The zero-order valence-corrected chi connectivity index (χ0v) is 13.5. The van der Waals surface area contributed by atoms with Crippen LogP contribution < -0.4 is 5.32 Å². The average molecular weight is 288 g/mol. The number of hydrogen-bond donors (Lipinski definition) is 1. The lowest BCUT2D eigenvalue weighted by atomic mass is 10.1. The van der Waals surface area contributed by atoms with Crippen LogP contribution in [0.4, 0.5) is 0 Å². The van der Waals surface area contributed by atoms with Gasteiger partial charge in [0.2, 0.25) is 5.91 Å². The highest BCUT2D eigenvalue weighted by Crippen LogP contribution is 2.20. The highest BCUT2D eigenvalue weighted by Gasteiger charge is 2.37. The van der Waals surface area contributed by atoms with E-state index in [2.05, 4.69) is 26.1 Å². The van der Waals surface area contributed by atoms with E-state index in [0.29, 0.717) is 18.2 Å². The van der Waals surface area contributed by atoms with Crippen LogP contribution in [-0.2, 0) is 15.6 Å². The quantitative estimate of drug-likeness (QED) is 0.740. The maximum absolute atomic E-state index is 12.4. The van der Waals surface area contributed by atoms with Crippen molar-refractivity contribution in [1.29, 1.82) is 0 Å². The van der Waals surface area contributed by atoms with Gasteiger partial charge in [0.15, 0.2) is 0 Å². The maximum atomic E-state index is 12.4. The summed E-state index contributed by atoms with van der Waals surface area (Å²) >= 11 is 0. The van der Waals surface area contributed by atoms with E-state index in [1.54, 1.807) is 6.26 Å². The van der Waals surface area contributed by atoms with Crippen molar-refractivity contribution in [2.75, 3.05) is 18.6 Å². The van der Waals surface area contributed by atoms with Crippen molar-refractivity contribution in [3.63, 3.8) is 0 Å². The van der Waals surface area contributed by atoms with Crippen molar-refractivity contribution in [3.8, 4) is 0 Å². The van der Waals surface area contributed by atoms with Crippen molar-refractivity contribution < 1.29 is 9.00 Å². The van der Waals surface area contributed by atoms with Gasteiger partial charge in [-0.05, 0) is 18.8 Å². The SMILES string of the molecule is CCCCC1NC(CC(C)C)N(CCS(C)=O)C1=O. The van der Waals surface area contributed by atoms with Crippen LogP contribution in [0, 0.1) is 5.92 Å². The molecule has 3 unspecified atom stereocenters. The van der Waals surface area contributed by atoms with E-state index in [1.807, 2.05) is 4.90 Å². The molecule has 3 atom stereocenters. The Morgan fingerprint density at radius 2 is 2.11 bits per heavy atom. The van der Waals surface area contributed by atoms with Crippen molar-refractivity contribution >= 4 is 16.7 Å². The molecule has 1 N–H and O–H groups in total. The van der Waals surface area contributed by atoms with E-state index >= 15 is 0 Å². The standard InChI is InChI=1S/C14H28N2O2S/c1-5-6-7-12-14(17)16(8-9-19(4)18)13(15-12)10-11(2)3/h11-13,15H,5-10H2,1-4H3. The second-order valence-corrected chi connectivity index (χ2v) is 7.37. The Morgan fingerprint density at radius 1 is 1.42 bits per heavy atom. The van der Waals surface area contributed by atoms with E-state index < -0.39 is 10.8 Å². The molecule has 4 nitrogen and oxygen atoms in total. The second kappa shape index (κ2) is 8.00. The van der Waals surface area contributed by atoms with Crippen molar-refractivity contribution in [1.82, 2.24) is 10.2 Å². The Labute approximate surface area is 119 Å². The van der Waals surface area contributed by atoms with Gasteiger partial charge in [0.05, 0.1) is 12.2 Å². The monoisotopic (exact) mass is 288 g/mol. The summed E-state index contributed by atoms with van der Waals surface area (Å²) in [6, 6.07) is -0.0333. The Hall–Kier alpha value is -0.420. The van der Waals surface area contributed by atoms with Gasteiger partial charge in [-0.25, -0.2) is 0 Å². The summed E-state index contributed by atoms with van der Waals surface area (Å²) in [6.07, 6.45) is 5.88. The number of carbonyl (C=O) groups excluding carboxylic acids is 1. The molecule has 1 fully saturated rings. The summed E-state index contributed by atoms with van der Waals surface area (Å²) < 4.78 is 11.2. The van der Waals surface area contributed by atoms with Gasteiger partial charge in [0, 0.05) is 29.4 Å². The van der Waals surface area contributed by atoms with Crippen LogP contribution in [0.15, 0.2) is 0 Å². The van der Waals surface area contributed by atoms with Crippen molar-refractivity contribution in [2.45, 2.75) is 58.7 Å². The number of amides is 1. The molecule has 1 rings (SSSR count). The lowest BCUT2D eigenvalue weighted by molar-refractivity contribution is -0.130. The van der Waals surface area contributed by atoms with Crippen LogP contribution in [0.5, 0.6) is 0 Å².